The molecule has 144 valence electrons. The third-order valence-electron chi connectivity index (χ3n) is 4.27. The summed E-state index contributed by atoms with van der Waals surface area (Å²) >= 11 is 1.34. The number of hydrogen-bond donors (Lipinski definition) is 0. The Morgan fingerprint density at radius 2 is 1.82 bits per heavy atom. The van der Waals surface area contributed by atoms with Crippen molar-refractivity contribution in [2.24, 2.45) is 0 Å². The van der Waals surface area contributed by atoms with Gasteiger partial charge in [0.2, 0.25) is 5.91 Å². The first-order valence-corrected chi connectivity index (χ1v) is 9.79. The highest BCUT2D eigenvalue weighted by atomic mass is 32.1. The van der Waals surface area contributed by atoms with Gasteiger partial charge >= 0.3 is 5.97 Å². The lowest BCUT2D eigenvalue weighted by Crippen LogP contribution is -2.22. The fourth-order valence-electron chi connectivity index (χ4n) is 2.83. The average Bonchev–Trinajstić information content (AvgIpc) is 3.10. The smallest absolute Gasteiger partial charge is 0.338 e. The molecule has 3 rings (SSSR count). The van der Waals surface area contributed by atoms with Crippen LogP contribution in [0.3, 0.4) is 0 Å². The number of aromatic nitrogens is 1. The van der Waals surface area contributed by atoms with Gasteiger partial charge in [-0.05, 0) is 50.1 Å². The zero-order chi connectivity index (χ0) is 20.3. The SMILES string of the molecule is CC(=O)N(c1cccc(C)c1)c1nc(COC(=O)c2cc(C)ccc2C)cs1. The van der Waals surface area contributed by atoms with Crippen molar-refractivity contribution in [1.29, 1.82) is 0 Å². The Hall–Kier alpha value is -2.99. The van der Waals surface area contributed by atoms with Crippen LogP contribution in [0.4, 0.5) is 10.8 Å². The normalized spacial score (nSPS) is 10.6. The number of hydrogen-bond acceptors (Lipinski definition) is 5. The molecular weight excluding hydrogens is 372 g/mol. The Morgan fingerprint density at radius 1 is 1.07 bits per heavy atom. The Kier molecular flexibility index (Phi) is 5.90. The molecule has 28 heavy (non-hydrogen) atoms. The van der Waals surface area contributed by atoms with Crippen LogP contribution in [0.5, 0.6) is 0 Å². The number of rotatable bonds is 5. The highest BCUT2D eigenvalue weighted by Gasteiger charge is 2.19. The molecule has 2 aromatic carbocycles. The maximum absolute atomic E-state index is 12.4. The van der Waals surface area contributed by atoms with Gasteiger partial charge in [-0.2, -0.15) is 0 Å². The Bertz CT molecular complexity index is 1030. The summed E-state index contributed by atoms with van der Waals surface area (Å²) in [6, 6.07) is 13.4. The standard InChI is InChI=1S/C22H22N2O3S/c1-14-6-5-7-19(10-14)24(17(4)25)22-23-18(13-28-22)12-27-21(26)20-11-15(2)8-9-16(20)3/h5-11,13H,12H2,1-4H3. The predicted octanol–water partition coefficient (Wildman–Crippen LogP) is 5.11. The molecule has 0 aliphatic heterocycles. The molecular formula is C22H22N2O3S. The highest BCUT2D eigenvalue weighted by molar-refractivity contribution is 7.14. The van der Waals surface area contributed by atoms with Gasteiger partial charge < -0.3 is 4.74 Å². The molecule has 6 heteroatoms. The van der Waals surface area contributed by atoms with E-state index in [-0.39, 0.29) is 18.5 Å². The van der Waals surface area contributed by atoms with Crippen LogP contribution in [-0.2, 0) is 16.1 Å². The number of ether oxygens (including phenoxy) is 1. The largest absolute Gasteiger partial charge is 0.456 e. The van der Waals surface area contributed by atoms with E-state index in [1.165, 1.54) is 18.3 Å². The van der Waals surface area contributed by atoms with Crippen molar-refractivity contribution >= 4 is 34.0 Å². The topological polar surface area (TPSA) is 59.5 Å². The monoisotopic (exact) mass is 394 g/mol. The number of benzene rings is 2. The highest BCUT2D eigenvalue weighted by Crippen LogP contribution is 2.29. The molecule has 0 atom stereocenters. The van der Waals surface area contributed by atoms with Gasteiger partial charge in [-0.25, -0.2) is 9.78 Å². The Morgan fingerprint density at radius 3 is 2.54 bits per heavy atom. The van der Waals surface area contributed by atoms with Crippen LogP contribution in [-0.4, -0.2) is 16.9 Å². The van der Waals surface area contributed by atoms with Crippen molar-refractivity contribution < 1.29 is 14.3 Å². The Balaban J connectivity index is 1.75. The summed E-state index contributed by atoms with van der Waals surface area (Å²) in [6.45, 7) is 7.35. The molecule has 0 radical (unpaired) electrons. The lowest BCUT2D eigenvalue weighted by Gasteiger charge is -2.18. The van der Waals surface area contributed by atoms with Gasteiger partial charge in [0, 0.05) is 12.3 Å². The van der Waals surface area contributed by atoms with E-state index in [2.05, 4.69) is 4.98 Å². The third kappa shape index (κ3) is 4.46. The van der Waals surface area contributed by atoms with Crippen molar-refractivity contribution in [2.75, 3.05) is 4.90 Å². The van der Waals surface area contributed by atoms with E-state index in [4.69, 9.17) is 4.74 Å². The lowest BCUT2D eigenvalue weighted by molar-refractivity contribution is -0.115. The first-order chi connectivity index (χ1) is 13.3. The molecule has 1 amide bonds. The number of amides is 1. The van der Waals surface area contributed by atoms with Crippen LogP contribution < -0.4 is 4.90 Å². The molecule has 3 aromatic rings. The maximum Gasteiger partial charge on any atom is 0.338 e. The van der Waals surface area contributed by atoms with Crippen molar-refractivity contribution in [1.82, 2.24) is 4.98 Å². The van der Waals surface area contributed by atoms with E-state index < -0.39 is 0 Å². The summed E-state index contributed by atoms with van der Waals surface area (Å²) in [7, 11) is 0. The molecule has 1 aromatic heterocycles. The summed E-state index contributed by atoms with van der Waals surface area (Å²) in [6.07, 6.45) is 0. The summed E-state index contributed by atoms with van der Waals surface area (Å²) in [5, 5.41) is 2.35. The van der Waals surface area contributed by atoms with Crippen LogP contribution in [0.2, 0.25) is 0 Å². The minimum absolute atomic E-state index is 0.0578. The van der Waals surface area contributed by atoms with E-state index in [0.29, 0.717) is 16.4 Å². The van der Waals surface area contributed by atoms with Crippen LogP contribution in [0.1, 0.15) is 39.7 Å². The van der Waals surface area contributed by atoms with E-state index in [0.717, 1.165) is 22.4 Å². The van der Waals surface area contributed by atoms with Crippen LogP contribution >= 0.6 is 11.3 Å². The van der Waals surface area contributed by atoms with Gasteiger partial charge in [-0.15, -0.1) is 11.3 Å². The summed E-state index contributed by atoms with van der Waals surface area (Å²) in [4.78, 5) is 30.6. The van der Waals surface area contributed by atoms with E-state index in [1.54, 1.807) is 10.3 Å². The summed E-state index contributed by atoms with van der Waals surface area (Å²) in [5.41, 5.74) is 4.86. The zero-order valence-corrected chi connectivity index (χ0v) is 17.2. The quantitative estimate of drug-likeness (QED) is 0.564. The Labute approximate surface area is 168 Å². The number of thiazole rings is 1. The number of carbonyl (C=O) groups excluding carboxylic acids is 2. The van der Waals surface area contributed by atoms with Crippen molar-refractivity contribution in [2.45, 2.75) is 34.3 Å². The number of carbonyl (C=O) groups is 2. The first kappa shape index (κ1) is 19.8. The van der Waals surface area contributed by atoms with Crippen molar-refractivity contribution in [3.8, 4) is 0 Å². The second-order valence-corrected chi connectivity index (χ2v) is 7.55. The number of aryl methyl sites for hydroxylation is 3. The maximum atomic E-state index is 12.4. The minimum Gasteiger partial charge on any atom is -0.456 e. The zero-order valence-electron chi connectivity index (χ0n) is 16.4. The molecule has 0 spiro atoms. The molecule has 1 heterocycles. The van der Waals surface area contributed by atoms with Gasteiger partial charge in [-0.1, -0.05) is 29.8 Å². The van der Waals surface area contributed by atoms with Crippen LogP contribution in [0.15, 0.2) is 47.8 Å². The predicted molar refractivity (Wildman–Crippen MR) is 111 cm³/mol. The number of anilines is 2. The van der Waals surface area contributed by atoms with E-state index >= 15 is 0 Å². The van der Waals surface area contributed by atoms with Gasteiger partial charge in [0.05, 0.1) is 16.9 Å². The second-order valence-electron chi connectivity index (χ2n) is 6.71. The van der Waals surface area contributed by atoms with Crippen LogP contribution in [0, 0.1) is 20.8 Å². The molecule has 0 bridgehead atoms. The molecule has 0 fully saturated rings. The van der Waals surface area contributed by atoms with Gasteiger partial charge in [0.15, 0.2) is 5.13 Å². The van der Waals surface area contributed by atoms with Gasteiger partial charge in [0.25, 0.3) is 0 Å². The van der Waals surface area contributed by atoms with Gasteiger partial charge in [0.1, 0.15) is 6.61 Å². The summed E-state index contributed by atoms with van der Waals surface area (Å²) in [5.74, 6) is -0.503. The molecule has 0 saturated carbocycles. The molecule has 0 aliphatic rings. The first-order valence-electron chi connectivity index (χ1n) is 8.91. The molecule has 0 N–H and O–H groups in total. The number of esters is 1. The van der Waals surface area contributed by atoms with Crippen molar-refractivity contribution in [3.05, 3.63) is 75.8 Å². The van der Waals surface area contributed by atoms with E-state index in [9.17, 15) is 9.59 Å². The molecule has 5 nitrogen and oxygen atoms in total. The lowest BCUT2D eigenvalue weighted by atomic mass is 10.1. The fraction of sp³-hybridized carbons (Fsp3) is 0.227. The molecule has 0 unspecified atom stereocenters. The fourth-order valence-corrected chi connectivity index (χ4v) is 3.70. The molecule has 0 saturated heterocycles. The number of nitrogens with zero attached hydrogens (tertiary/aromatic N) is 2. The minimum atomic E-state index is -0.377. The van der Waals surface area contributed by atoms with Gasteiger partial charge in [-0.3, -0.25) is 9.69 Å². The molecule has 0 aliphatic carbocycles. The second kappa shape index (κ2) is 8.35. The summed E-state index contributed by atoms with van der Waals surface area (Å²) < 4.78 is 5.43. The van der Waals surface area contributed by atoms with Crippen molar-refractivity contribution in [3.63, 3.8) is 0 Å². The van der Waals surface area contributed by atoms with E-state index in [1.807, 2.05) is 63.2 Å². The third-order valence-corrected chi connectivity index (χ3v) is 5.14. The van der Waals surface area contributed by atoms with Crippen LogP contribution in [0.25, 0.3) is 0 Å². The average molecular weight is 394 g/mol.